The molecular formula is C17H24N2O. The van der Waals surface area contributed by atoms with Gasteiger partial charge in [0, 0.05) is 12.5 Å². The van der Waals surface area contributed by atoms with Crippen LogP contribution in [0.2, 0.25) is 0 Å². The molecule has 1 aromatic carbocycles. The summed E-state index contributed by atoms with van der Waals surface area (Å²) in [5.74, 6) is 0.681. The van der Waals surface area contributed by atoms with Crippen molar-refractivity contribution in [2.75, 3.05) is 13.1 Å². The minimum Gasteiger partial charge on any atom is -0.354 e. The first kappa shape index (κ1) is 13.6. The van der Waals surface area contributed by atoms with Crippen LogP contribution < -0.4 is 10.6 Å². The normalized spacial score (nSPS) is 25.8. The molecule has 2 aliphatic rings. The largest absolute Gasteiger partial charge is 0.354 e. The highest BCUT2D eigenvalue weighted by atomic mass is 16.2. The van der Waals surface area contributed by atoms with Gasteiger partial charge >= 0.3 is 0 Å². The fraction of sp³-hybridized carbons (Fsp3) is 0.588. The lowest BCUT2D eigenvalue weighted by atomic mass is 9.83. The number of amides is 1. The van der Waals surface area contributed by atoms with Crippen LogP contribution in [-0.4, -0.2) is 25.0 Å². The number of fused-ring (bicyclic) bond motifs is 1. The molecular weight excluding hydrogens is 248 g/mol. The first-order chi connectivity index (χ1) is 9.84. The Balaban J connectivity index is 1.57. The van der Waals surface area contributed by atoms with Crippen molar-refractivity contribution < 1.29 is 4.79 Å². The van der Waals surface area contributed by atoms with Gasteiger partial charge in [0.25, 0.3) is 0 Å². The van der Waals surface area contributed by atoms with Gasteiger partial charge in [-0.2, -0.15) is 0 Å². The van der Waals surface area contributed by atoms with Crippen molar-refractivity contribution >= 4 is 5.91 Å². The lowest BCUT2D eigenvalue weighted by Crippen LogP contribution is -2.47. The molecule has 1 fully saturated rings. The van der Waals surface area contributed by atoms with Crippen LogP contribution in [0.1, 0.15) is 49.1 Å². The predicted molar refractivity (Wildman–Crippen MR) is 80.8 cm³/mol. The summed E-state index contributed by atoms with van der Waals surface area (Å²) in [5, 5.41) is 6.48. The molecule has 0 spiro atoms. The molecule has 2 N–H and O–H groups in total. The molecule has 1 aromatic rings. The highest BCUT2D eigenvalue weighted by Gasteiger charge is 2.23. The van der Waals surface area contributed by atoms with Crippen LogP contribution in [0.25, 0.3) is 0 Å². The molecule has 20 heavy (non-hydrogen) atoms. The third kappa shape index (κ3) is 3.04. The van der Waals surface area contributed by atoms with Crippen LogP contribution in [0, 0.1) is 0 Å². The Hall–Kier alpha value is -1.35. The zero-order chi connectivity index (χ0) is 13.8. The maximum Gasteiger partial charge on any atom is 0.237 e. The summed E-state index contributed by atoms with van der Waals surface area (Å²) in [6.07, 6.45) is 6.95. The number of hydrogen-bond donors (Lipinski definition) is 2. The fourth-order valence-corrected chi connectivity index (χ4v) is 3.49. The highest BCUT2D eigenvalue weighted by molar-refractivity contribution is 5.81. The van der Waals surface area contributed by atoms with Gasteiger partial charge in [0.05, 0.1) is 6.04 Å². The molecule has 0 bridgehead atoms. The molecule has 3 rings (SSSR count). The molecule has 3 heteroatoms. The monoisotopic (exact) mass is 272 g/mol. The van der Waals surface area contributed by atoms with E-state index in [1.54, 1.807) is 0 Å². The Morgan fingerprint density at radius 2 is 2.10 bits per heavy atom. The van der Waals surface area contributed by atoms with Crippen molar-refractivity contribution in [1.29, 1.82) is 0 Å². The Morgan fingerprint density at radius 1 is 1.20 bits per heavy atom. The van der Waals surface area contributed by atoms with E-state index in [-0.39, 0.29) is 11.9 Å². The van der Waals surface area contributed by atoms with Crippen molar-refractivity contribution in [3.05, 3.63) is 35.4 Å². The molecule has 2 atom stereocenters. The van der Waals surface area contributed by atoms with Gasteiger partial charge in [0.2, 0.25) is 5.91 Å². The molecule has 1 heterocycles. The lowest BCUT2D eigenvalue weighted by Gasteiger charge is -2.27. The summed E-state index contributed by atoms with van der Waals surface area (Å²) in [6, 6.07) is 8.71. The van der Waals surface area contributed by atoms with E-state index >= 15 is 0 Å². The number of benzene rings is 1. The van der Waals surface area contributed by atoms with E-state index in [1.807, 2.05) is 0 Å². The first-order valence-corrected chi connectivity index (χ1v) is 7.93. The lowest BCUT2D eigenvalue weighted by molar-refractivity contribution is -0.123. The molecule has 108 valence electrons. The summed E-state index contributed by atoms with van der Waals surface area (Å²) in [4.78, 5) is 12.2. The van der Waals surface area contributed by atoms with Gasteiger partial charge in [0.1, 0.15) is 0 Å². The second-order valence-electron chi connectivity index (χ2n) is 6.04. The van der Waals surface area contributed by atoms with Gasteiger partial charge in [-0.25, -0.2) is 0 Å². The molecule has 1 saturated heterocycles. The number of hydrogen-bond acceptors (Lipinski definition) is 2. The third-order valence-electron chi connectivity index (χ3n) is 4.64. The summed E-state index contributed by atoms with van der Waals surface area (Å²) >= 11 is 0. The molecule has 2 unspecified atom stereocenters. The van der Waals surface area contributed by atoms with Gasteiger partial charge in [-0.15, -0.1) is 0 Å². The van der Waals surface area contributed by atoms with Crippen LogP contribution in [0.15, 0.2) is 24.3 Å². The van der Waals surface area contributed by atoms with Gasteiger partial charge < -0.3 is 10.6 Å². The SMILES string of the molecule is O=C(NCC1CCCc2ccccc21)C1CCCCN1. The van der Waals surface area contributed by atoms with E-state index in [0.29, 0.717) is 5.92 Å². The van der Waals surface area contributed by atoms with E-state index < -0.39 is 0 Å². The molecule has 0 radical (unpaired) electrons. The highest BCUT2D eigenvalue weighted by Crippen LogP contribution is 2.30. The molecule has 0 aromatic heterocycles. The second-order valence-corrected chi connectivity index (χ2v) is 6.04. The zero-order valence-corrected chi connectivity index (χ0v) is 12.0. The van der Waals surface area contributed by atoms with Crippen LogP contribution in [0.3, 0.4) is 0 Å². The number of aryl methyl sites for hydroxylation is 1. The first-order valence-electron chi connectivity index (χ1n) is 7.93. The van der Waals surface area contributed by atoms with Crippen LogP contribution >= 0.6 is 0 Å². The van der Waals surface area contributed by atoms with Gasteiger partial charge in [-0.3, -0.25) is 4.79 Å². The van der Waals surface area contributed by atoms with Crippen molar-refractivity contribution in [3.8, 4) is 0 Å². The number of piperidine rings is 1. The van der Waals surface area contributed by atoms with Crippen LogP contribution in [-0.2, 0) is 11.2 Å². The fourth-order valence-electron chi connectivity index (χ4n) is 3.49. The molecule has 1 aliphatic carbocycles. The summed E-state index contributed by atoms with van der Waals surface area (Å²) < 4.78 is 0. The number of carbonyl (C=O) groups excluding carboxylic acids is 1. The quantitative estimate of drug-likeness (QED) is 0.887. The Kier molecular flexibility index (Phi) is 4.36. The summed E-state index contributed by atoms with van der Waals surface area (Å²) in [6.45, 7) is 1.76. The van der Waals surface area contributed by atoms with Crippen molar-refractivity contribution in [2.45, 2.75) is 50.5 Å². The van der Waals surface area contributed by atoms with Crippen molar-refractivity contribution in [2.24, 2.45) is 0 Å². The van der Waals surface area contributed by atoms with E-state index in [2.05, 4.69) is 34.9 Å². The molecule has 0 saturated carbocycles. The average molecular weight is 272 g/mol. The average Bonchev–Trinajstić information content (AvgIpc) is 2.53. The van der Waals surface area contributed by atoms with Crippen LogP contribution in [0.4, 0.5) is 0 Å². The van der Waals surface area contributed by atoms with Gasteiger partial charge in [-0.05, 0) is 49.8 Å². The Morgan fingerprint density at radius 3 is 2.95 bits per heavy atom. The molecule has 1 amide bonds. The topological polar surface area (TPSA) is 41.1 Å². The van der Waals surface area contributed by atoms with E-state index in [4.69, 9.17) is 0 Å². The maximum absolute atomic E-state index is 12.2. The number of carbonyl (C=O) groups is 1. The van der Waals surface area contributed by atoms with Gasteiger partial charge in [-0.1, -0.05) is 30.7 Å². The number of nitrogens with one attached hydrogen (secondary N) is 2. The predicted octanol–water partition coefficient (Wildman–Crippen LogP) is 2.36. The Bertz CT molecular complexity index is 466. The van der Waals surface area contributed by atoms with Crippen molar-refractivity contribution in [3.63, 3.8) is 0 Å². The zero-order valence-electron chi connectivity index (χ0n) is 12.0. The second kappa shape index (κ2) is 6.40. The summed E-state index contributed by atoms with van der Waals surface area (Å²) in [5.41, 5.74) is 2.91. The smallest absolute Gasteiger partial charge is 0.237 e. The van der Waals surface area contributed by atoms with E-state index in [9.17, 15) is 4.79 Å². The van der Waals surface area contributed by atoms with Gasteiger partial charge in [0.15, 0.2) is 0 Å². The standard InChI is InChI=1S/C17H24N2O/c20-17(16-10-3-4-11-18-16)19-12-14-8-5-7-13-6-1-2-9-15(13)14/h1-2,6,9,14,16,18H,3-5,7-8,10-12H2,(H,19,20). The van der Waals surface area contributed by atoms with E-state index in [1.165, 1.54) is 36.8 Å². The molecule has 1 aliphatic heterocycles. The minimum absolute atomic E-state index is 0.0302. The minimum atomic E-state index is 0.0302. The Labute approximate surface area is 121 Å². The maximum atomic E-state index is 12.2. The van der Waals surface area contributed by atoms with Crippen molar-refractivity contribution in [1.82, 2.24) is 10.6 Å². The number of rotatable bonds is 3. The van der Waals surface area contributed by atoms with E-state index in [0.717, 1.165) is 25.9 Å². The van der Waals surface area contributed by atoms with Crippen LogP contribution in [0.5, 0.6) is 0 Å². The third-order valence-corrected chi connectivity index (χ3v) is 4.64. The summed E-state index contributed by atoms with van der Waals surface area (Å²) in [7, 11) is 0. The molecule has 3 nitrogen and oxygen atoms in total.